The molecular formula is C8H17NO2Si. The Morgan fingerprint density at radius 3 is 2.42 bits per heavy atom. The van der Waals surface area contributed by atoms with Gasteiger partial charge in [-0.2, -0.15) is 0 Å². The lowest BCUT2D eigenvalue weighted by Gasteiger charge is -2.26. The summed E-state index contributed by atoms with van der Waals surface area (Å²) in [5, 5.41) is 0. The molecule has 0 radical (unpaired) electrons. The van der Waals surface area contributed by atoms with Gasteiger partial charge in [-0.05, 0) is 26.4 Å². The van der Waals surface area contributed by atoms with Gasteiger partial charge < -0.3 is 4.43 Å². The van der Waals surface area contributed by atoms with Gasteiger partial charge in [-0.15, -0.1) is 0 Å². The number of carbonyl (C=O) groups excluding carboxylic acids is 1. The molecule has 0 saturated heterocycles. The fraction of sp³-hybridized carbons (Fsp3) is 0.875. The predicted molar refractivity (Wildman–Crippen MR) is 51.3 cm³/mol. The Balaban J connectivity index is 4.34. The van der Waals surface area contributed by atoms with Crippen molar-refractivity contribution in [3.05, 3.63) is 0 Å². The van der Waals surface area contributed by atoms with E-state index in [1.807, 2.05) is 13.8 Å². The fourth-order valence-electron chi connectivity index (χ4n) is 1.27. The number of nitrogens with zero attached hydrogens (tertiary/aromatic N) is 1. The Hall–Kier alpha value is -0.443. The number of isocyanates is 1. The Bertz CT molecular complexity index is 176. The van der Waals surface area contributed by atoms with Crippen molar-refractivity contribution in [2.24, 2.45) is 4.99 Å². The van der Waals surface area contributed by atoms with Crippen molar-refractivity contribution in [3.63, 3.8) is 0 Å². The number of hydrogen-bond donors (Lipinski definition) is 0. The molecular weight excluding hydrogens is 170 g/mol. The Morgan fingerprint density at radius 1 is 1.50 bits per heavy atom. The third-order valence-electron chi connectivity index (χ3n) is 1.91. The SMILES string of the molecule is CCO[Si](C)(C)C(CC)N=C=O. The molecule has 1 atom stereocenters. The van der Waals surface area contributed by atoms with Gasteiger partial charge in [-0.1, -0.05) is 6.92 Å². The minimum Gasteiger partial charge on any atom is -0.415 e. The van der Waals surface area contributed by atoms with E-state index in [1.54, 1.807) is 6.08 Å². The second-order valence-corrected chi connectivity index (χ2v) is 7.34. The number of aliphatic imine (C=N–C) groups is 1. The van der Waals surface area contributed by atoms with Crippen LogP contribution in [0.15, 0.2) is 4.99 Å². The molecule has 0 aromatic carbocycles. The summed E-state index contributed by atoms with van der Waals surface area (Å²) in [6.07, 6.45) is 2.47. The van der Waals surface area contributed by atoms with Crippen LogP contribution in [0.1, 0.15) is 20.3 Å². The summed E-state index contributed by atoms with van der Waals surface area (Å²) in [7, 11) is -1.78. The van der Waals surface area contributed by atoms with Crippen LogP contribution in [0, 0.1) is 0 Å². The largest absolute Gasteiger partial charge is 0.415 e. The quantitative estimate of drug-likeness (QED) is 0.374. The number of rotatable bonds is 5. The van der Waals surface area contributed by atoms with Crippen LogP contribution in [0.2, 0.25) is 13.1 Å². The van der Waals surface area contributed by atoms with Crippen molar-refractivity contribution < 1.29 is 9.22 Å². The molecule has 0 fully saturated rings. The molecule has 12 heavy (non-hydrogen) atoms. The third kappa shape index (κ3) is 3.30. The first-order valence-corrected chi connectivity index (χ1v) is 7.28. The van der Waals surface area contributed by atoms with Gasteiger partial charge in [-0.3, -0.25) is 0 Å². The average Bonchev–Trinajstić information content (AvgIpc) is 1.99. The van der Waals surface area contributed by atoms with Crippen LogP contribution < -0.4 is 0 Å². The summed E-state index contributed by atoms with van der Waals surface area (Å²) >= 11 is 0. The molecule has 0 rings (SSSR count). The van der Waals surface area contributed by atoms with Crippen molar-refractivity contribution in [2.45, 2.75) is 39.0 Å². The zero-order valence-corrected chi connectivity index (χ0v) is 9.26. The summed E-state index contributed by atoms with van der Waals surface area (Å²) in [6, 6.07) is 0. The highest BCUT2D eigenvalue weighted by Crippen LogP contribution is 2.15. The van der Waals surface area contributed by atoms with Crippen molar-refractivity contribution in [3.8, 4) is 0 Å². The van der Waals surface area contributed by atoms with Gasteiger partial charge in [0.25, 0.3) is 0 Å². The lowest BCUT2D eigenvalue weighted by molar-refractivity contribution is 0.319. The predicted octanol–water partition coefficient (Wildman–Crippen LogP) is 1.88. The molecule has 0 heterocycles. The highest BCUT2D eigenvalue weighted by Gasteiger charge is 2.31. The van der Waals surface area contributed by atoms with Gasteiger partial charge in [0, 0.05) is 6.61 Å². The lowest BCUT2D eigenvalue weighted by atomic mass is 10.5. The summed E-state index contributed by atoms with van der Waals surface area (Å²) in [5.74, 6) is 0. The van der Waals surface area contributed by atoms with Crippen molar-refractivity contribution in [2.75, 3.05) is 6.61 Å². The van der Waals surface area contributed by atoms with Gasteiger partial charge in [0.1, 0.15) is 0 Å². The Labute approximate surface area is 75.0 Å². The van der Waals surface area contributed by atoms with E-state index >= 15 is 0 Å². The molecule has 0 N–H and O–H groups in total. The minimum atomic E-state index is -1.78. The molecule has 0 aliphatic carbocycles. The molecule has 0 aromatic heterocycles. The maximum Gasteiger partial charge on any atom is 0.235 e. The van der Waals surface area contributed by atoms with Gasteiger partial charge in [0.2, 0.25) is 14.4 Å². The second kappa shape index (κ2) is 5.25. The molecule has 3 nitrogen and oxygen atoms in total. The fourth-order valence-corrected chi connectivity index (χ4v) is 3.55. The summed E-state index contributed by atoms with van der Waals surface area (Å²) in [5.41, 5.74) is 0.0509. The van der Waals surface area contributed by atoms with Gasteiger partial charge >= 0.3 is 0 Å². The normalized spacial score (nSPS) is 13.7. The first kappa shape index (κ1) is 11.6. The standard InChI is InChI=1S/C8H17NO2Si/c1-5-8(9-7-10)12(3,4)11-6-2/h8H,5-6H2,1-4H3. The maximum atomic E-state index is 10.1. The summed E-state index contributed by atoms with van der Waals surface area (Å²) in [6.45, 7) is 8.83. The first-order valence-electron chi connectivity index (χ1n) is 4.29. The molecule has 4 heteroatoms. The molecule has 70 valence electrons. The van der Waals surface area contributed by atoms with Crippen LogP contribution in [0.4, 0.5) is 0 Å². The van der Waals surface area contributed by atoms with Crippen molar-refractivity contribution in [1.29, 1.82) is 0 Å². The van der Waals surface area contributed by atoms with E-state index in [9.17, 15) is 4.79 Å². The molecule has 0 spiro atoms. The van der Waals surface area contributed by atoms with Gasteiger partial charge in [-0.25, -0.2) is 9.79 Å². The molecule has 1 unspecified atom stereocenters. The molecule has 0 aromatic rings. The van der Waals surface area contributed by atoms with E-state index in [-0.39, 0.29) is 5.67 Å². The van der Waals surface area contributed by atoms with Crippen LogP contribution >= 0.6 is 0 Å². The second-order valence-electron chi connectivity index (χ2n) is 3.18. The molecule has 0 saturated carbocycles. The molecule has 0 bridgehead atoms. The van der Waals surface area contributed by atoms with E-state index in [1.165, 1.54) is 0 Å². The van der Waals surface area contributed by atoms with Crippen LogP contribution in [0.5, 0.6) is 0 Å². The maximum absolute atomic E-state index is 10.1. The Kier molecular flexibility index (Phi) is 5.05. The zero-order valence-electron chi connectivity index (χ0n) is 8.26. The average molecular weight is 187 g/mol. The van der Waals surface area contributed by atoms with Crippen molar-refractivity contribution in [1.82, 2.24) is 0 Å². The first-order chi connectivity index (χ1) is 5.58. The Morgan fingerprint density at radius 2 is 2.08 bits per heavy atom. The van der Waals surface area contributed by atoms with Crippen LogP contribution in [-0.4, -0.2) is 26.7 Å². The number of hydrogen-bond acceptors (Lipinski definition) is 3. The van der Waals surface area contributed by atoms with Crippen LogP contribution in [0.25, 0.3) is 0 Å². The monoisotopic (exact) mass is 187 g/mol. The molecule has 0 aliphatic rings. The van der Waals surface area contributed by atoms with E-state index < -0.39 is 8.32 Å². The summed E-state index contributed by atoms with van der Waals surface area (Å²) < 4.78 is 5.60. The van der Waals surface area contributed by atoms with Crippen molar-refractivity contribution >= 4 is 14.4 Å². The van der Waals surface area contributed by atoms with Gasteiger partial charge in [0.15, 0.2) is 0 Å². The topological polar surface area (TPSA) is 38.7 Å². The highest BCUT2D eigenvalue weighted by atomic mass is 28.4. The smallest absolute Gasteiger partial charge is 0.235 e. The van der Waals surface area contributed by atoms with Crippen LogP contribution in [-0.2, 0) is 9.22 Å². The highest BCUT2D eigenvalue weighted by molar-refractivity contribution is 6.72. The molecule has 0 amide bonds. The summed E-state index contributed by atoms with van der Waals surface area (Å²) in [4.78, 5) is 13.9. The van der Waals surface area contributed by atoms with Crippen LogP contribution in [0.3, 0.4) is 0 Å². The minimum absolute atomic E-state index is 0.0509. The van der Waals surface area contributed by atoms with Gasteiger partial charge in [0.05, 0.1) is 5.67 Å². The van der Waals surface area contributed by atoms with E-state index in [4.69, 9.17) is 4.43 Å². The van der Waals surface area contributed by atoms with E-state index in [0.29, 0.717) is 6.61 Å². The lowest BCUT2D eigenvalue weighted by Crippen LogP contribution is -2.43. The third-order valence-corrected chi connectivity index (χ3v) is 5.09. The van der Waals surface area contributed by atoms with E-state index in [2.05, 4.69) is 18.1 Å². The zero-order chi connectivity index (χ0) is 9.61. The molecule has 0 aliphatic heterocycles. The van der Waals surface area contributed by atoms with E-state index in [0.717, 1.165) is 6.42 Å².